The summed E-state index contributed by atoms with van der Waals surface area (Å²) >= 11 is 0. The van der Waals surface area contributed by atoms with Crippen molar-refractivity contribution in [2.45, 2.75) is 123 Å². The van der Waals surface area contributed by atoms with Gasteiger partial charge in [0.05, 0.1) is 48.7 Å². The zero-order valence-corrected chi connectivity index (χ0v) is 34.0. The molecule has 0 spiro atoms. The second-order valence-electron chi connectivity index (χ2n) is 15.4. The summed E-state index contributed by atoms with van der Waals surface area (Å²) in [5, 5.41) is 5.88. The van der Waals surface area contributed by atoms with E-state index >= 15 is 0 Å². The van der Waals surface area contributed by atoms with E-state index in [0.29, 0.717) is 18.5 Å². The number of ether oxygens (including phenoxy) is 2. The number of benzene rings is 1. The molecule has 0 aromatic heterocycles. The second-order valence-corrected chi connectivity index (χ2v) is 15.4. The number of methoxy groups -OCH3 is 2. The van der Waals surface area contributed by atoms with Gasteiger partial charge in [-0.15, -0.1) is 0 Å². The van der Waals surface area contributed by atoms with Gasteiger partial charge in [-0.05, 0) is 51.6 Å². The molecule has 12 nitrogen and oxygen atoms in total. The minimum atomic E-state index is -0.762. The Morgan fingerprint density at radius 2 is 1.48 bits per heavy atom. The van der Waals surface area contributed by atoms with Crippen molar-refractivity contribution in [3.8, 4) is 0 Å². The standard InChI is InChI=1S/C40H67N5O7/c1-14-26(6)35(44(11)40(50)33(24(2)3)42-39(49)34(25(4)5)43(9)10)31(51-12)23-32(46)45-22-18-21-30(45)37(52-13)27(7)38(48)41-28(8)36(47)29-19-16-15-17-20-29/h15-17,19-20,24-28,30-31,33-35,37H,14,18,21-23H2,1-13H3,(H,41,48)(H,42,49)/t26-,27+,28?,30?,31+,33?,34?,35-,37+/m0/s1. The van der Waals surface area contributed by atoms with Crippen LogP contribution < -0.4 is 10.6 Å². The lowest BCUT2D eigenvalue weighted by molar-refractivity contribution is -0.148. The van der Waals surface area contributed by atoms with Crippen LogP contribution in [0.15, 0.2) is 30.3 Å². The Morgan fingerprint density at radius 1 is 0.865 bits per heavy atom. The van der Waals surface area contributed by atoms with E-state index in [4.69, 9.17) is 9.47 Å². The van der Waals surface area contributed by atoms with Crippen molar-refractivity contribution >= 4 is 29.4 Å². The van der Waals surface area contributed by atoms with E-state index in [1.54, 1.807) is 62.1 Å². The van der Waals surface area contributed by atoms with Gasteiger partial charge in [0.15, 0.2) is 5.78 Å². The smallest absolute Gasteiger partial charge is 0.245 e. The summed E-state index contributed by atoms with van der Waals surface area (Å²) in [7, 11) is 8.53. The molecule has 1 aromatic rings. The van der Waals surface area contributed by atoms with E-state index < -0.39 is 42.3 Å². The number of Topliss-reactive ketones (excluding diaryl/α,β-unsaturated/α-hetero) is 1. The molecular weight excluding hydrogens is 662 g/mol. The Bertz CT molecular complexity index is 1310. The first-order chi connectivity index (χ1) is 24.4. The maximum Gasteiger partial charge on any atom is 0.245 e. The average Bonchev–Trinajstić information content (AvgIpc) is 3.59. The Hall–Kier alpha value is -3.35. The first kappa shape index (κ1) is 44.8. The zero-order valence-electron chi connectivity index (χ0n) is 34.0. The molecule has 12 heteroatoms. The molecule has 294 valence electrons. The van der Waals surface area contributed by atoms with E-state index in [-0.39, 0.29) is 59.6 Å². The van der Waals surface area contributed by atoms with Crippen LogP contribution in [0.4, 0.5) is 0 Å². The molecule has 2 N–H and O–H groups in total. The molecule has 1 heterocycles. The lowest BCUT2D eigenvalue weighted by Crippen LogP contribution is -2.59. The van der Waals surface area contributed by atoms with E-state index in [2.05, 4.69) is 10.6 Å². The molecule has 1 aromatic carbocycles. The SMILES string of the molecule is CC[C@H](C)[C@@H]([C@@H](CC(=O)N1CCCC1[C@H](OC)[C@@H](C)C(=O)NC(C)C(=O)c1ccccc1)OC)N(C)C(=O)C(NC(=O)C(C(C)C)N(C)C)C(C)C. The minimum absolute atomic E-state index is 0.0218. The fourth-order valence-corrected chi connectivity index (χ4v) is 7.67. The molecule has 0 bridgehead atoms. The monoisotopic (exact) mass is 730 g/mol. The highest BCUT2D eigenvalue weighted by atomic mass is 16.5. The second kappa shape index (κ2) is 20.8. The van der Waals surface area contributed by atoms with Crippen LogP contribution in [0.1, 0.15) is 91.4 Å². The number of carbonyl (C=O) groups is 5. The van der Waals surface area contributed by atoms with Crippen LogP contribution >= 0.6 is 0 Å². The fraction of sp³-hybridized carbons (Fsp3) is 0.725. The molecule has 0 saturated carbocycles. The lowest BCUT2D eigenvalue weighted by Gasteiger charge is -2.41. The molecule has 2 rings (SSSR count). The van der Waals surface area contributed by atoms with Crippen LogP contribution in [-0.4, -0.2) is 128 Å². The Balaban J connectivity index is 2.26. The van der Waals surface area contributed by atoms with Crippen LogP contribution in [0.5, 0.6) is 0 Å². The molecule has 0 radical (unpaired) electrons. The first-order valence-electron chi connectivity index (χ1n) is 18.9. The van der Waals surface area contributed by atoms with Crippen molar-refractivity contribution in [2.24, 2.45) is 23.7 Å². The number of amides is 4. The maximum atomic E-state index is 14.2. The lowest BCUT2D eigenvalue weighted by atomic mass is 9.89. The van der Waals surface area contributed by atoms with Gasteiger partial charge in [0.25, 0.3) is 0 Å². The largest absolute Gasteiger partial charge is 0.379 e. The molecular formula is C40H67N5O7. The molecule has 1 saturated heterocycles. The highest BCUT2D eigenvalue weighted by molar-refractivity contribution is 6.01. The van der Waals surface area contributed by atoms with Gasteiger partial charge in [-0.2, -0.15) is 0 Å². The molecule has 9 atom stereocenters. The summed E-state index contributed by atoms with van der Waals surface area (Å²) in [6, 6.07) is 6.13. The Kier molecular flexibility index (Phi) is 17.9. The van der Waals surface area contributed by atoms with Crippen LogP contribution in [0.2, 0.25) is 0 Å². The van der Waals surface area contributed by atoms with Gasteiger partial charge in [0.1, 0.15) is 6.04 Å². The van der Waals surface area contributed by atoms with Gasteiger partial charge in [0.2, 0.25) is 23.6 Å². The van der Waals surface area contributed by atoms with Gasteiger partial charge in [-0.25, -0.2) is 0 Å². The summed E-state index contributed by atoms with van der Waals surface area (Å²) in [6.45, 7) is 15.8. The third-order valence-electron chi connectivity index (χ3n) is 10.8. The van der Waals surface area contributed by atoms with Gasteiger partial charge < -0.3 is 29.9 Å². The number of likely N-dealkylation sites (N-methyl/N-ethyl adjacent to an activating group) is 2. The van der Waals surface area contributed by atoms with Crippen LogP contribution in [0, 0.1) is 23.7 Å². The molecule has 52 heavy (non-hydrogen) atoms. The van der Waals surface area contributed by atoms with E-state index in [1.807, 2.05) is 66.6 Å². The van der Waals surface area contributed by atoms with Gasteiger partial charge >= 0.3 is 0 Å². The van der Waals surface area contributed by atoms with E-state index in [0.717, 1.165) is 12.8 Å². The van der Waals surface area contributed by atoms with Gasteiger partial charge in [-0.1, -0.05) is 85.2 Å². The van der Waals surface area contributed by atoms with Crippen LogP contribution in [0.25, 0.3) is 0 Å². The minimum Gasteiger partial charge on any atom is -0.379 e. The summed E-state index contributed by atoms with van der Waals surface area (Å²) in [5.74, 6) is -1.89. The quantitative estimate of drug-likeness (QED) is 0.192. The van der Waals surface area contributed by atoms with E-state index in [1.165, 1.54) is 7.11 Å². The van der Waals surface area contributed by atoms with E-state index in [9.17, 15) is 24.0 Å². The third kappa shape index (κ3) is 11.3. The number of ketones is 1. The first-order valence-corrected chi connectivity index (χ1v) is 18.9. The zero-order chi connectivity index (χ0) is 39.4. The van der Waals surface area contributed by atoms with Crippen molar-refractivity contribution in [2.75, 3.05) is 41.9 Å². The highest BCUT2D eigenvalue weighted by Crippen LogP contribution is 2.30. The average molecular weight is 730 g/mol. The maximum absolute atomic E-state index is 14.2. The van der Waals surface area contributed by atoms with Crippen molar-refractivity contribution in [1.29, 1.82) is 0 Å². The summed E-state index contributed by atoms with van der Waals surface area (Å²) in [5.41, 5.74) is 0.517. The van der Waals surface area contributed by atoms with Gasteiger partial charge in [-0.3, -0.25) is 28.9 Å². The summed E-state index contributed by atoms with van der Waals surface area (Å²) in [6.07, 6.45) is 0.935. The number of carbonyl (C=O) groups excluding carboxylic acids is 5. The fourth-order valence-electron chi connectivity index (χ4n) is 7.67. The highest BCUT2D eigenvalue weighted by Gasteiger charge is 2.43. The number of rotatable bonds is 20. The predicted molar refractivity (Wildman–Crippen MR) is 204 cm³/mol. The normalized spacial score (nSPS) is 19.4. The molecule has 4 amide bonds. The Labute approximate surface area is 312 Å². The van der Waals surface area contributed by atoms with Gasteiger partial charge in [0, 0.05) is 33.4 Å². The predicted octanol–water partition coefficient (Wildman–Crippen LogP) is 4.02. The van der Waals surface area contributed by atoms with Crippen LogP contribution in [-0.2, 0) is 28.7 Å². The molecule has 0 aliphatic carbocycles. The van der Waals surface area contributed by atoms with Crippen molar-refractivity contribution < 1.29 is 33.4 Å². The summed E-state index contributed by atoms with van der Waals surface area (Å²) < 4.78 is 11.9. The molecule has 1 aliphatic heterocycles. The topological polar surface area (TPSA) is 138 Å². The third-order valence-corrected chi connectivity index (χ3v) is 10.8. The number of nitrogens with zero attached hydrogens (tertiary/aromatic N) is 3. The number of nitrogens with one attached hydrogen (secondary N) is 2. The van der Waals surface area contributed by atoms with Crippen molar-refractivity contribution in [3.05, 3.63) is 35.9 Å². The summed E-state index contributed by atoms with van der Waals surface area (Å²) in [4.78, 5) is 73.4. The number of likely N-dealkylation sites (tertiary alicyclic amines) is 1. The number of hydrogen-bond donors (Lipinski definition) is 2. The van der Waals surface area contributed by atoms with Crippen molar-refractivity contribution in [3.63, 3.8) is 0 Å². The number of hydrogen-bond acceptors (Lipinski definition) is 8. The molecule has 1 aliphatic rings. The molecule has 4 unspecified atom stereocenters. The van der Waals surface area contributed by atoms with Crippen LogP contribution in [0.3, 0.4) is 0 Å². The van der Waals surface area contributed by atoms with Crippen molar-refractivity contribution in [1.82, 2.24) is 25.3 Å². The Morgan fingerprint density at radius 3 is 1.98 bits per heavy atom. The molecule has 1 fully saturated rings.